The fourth-order valence-electron chi connectivity index (χ4n) is 0.767. The van der Waals surface area contributed by atoms with Gasteiger partial charge in [-0.05, 0) is 0 Å². The first-order valence-electron chi connectivity index (χ1n) is 3.78. The van der Waals surface area contributed by atoms with Gasteiger partial charge in [0, 0.05) is 11.2 Å². The molecule has 1 aliphatic heterocycles. The Bertz CT molecular complexity index is 231. The third kappa shape index (κ3) is 3.44. The molecule has 0 aromatic carbocycles. The Balaban J connectivity index is 0.00000144. The summed E-state index contributed by atoms with van der Waals surface area (Å²) in [6.07, 6.45) is 0. The Kier molecular flexibility index (Phi) is 4.56. The van der Waals surface area contributed by atoms with Gasteiger partial charge >= 0.3 is 0 Å². The van der Waals surface area contributed by atoms with Crippen molar-refractivity contribution in [3.63, 3.8) is 0 Å². The SMILES string of the molecule is CC(C)(C)C1=NN/C(=N/N)SC1.Cl. The standard InChI is InChI=1S/C7H14N4S.ClH/c1-7(2,3)5-4-12-6(9-8)11-10-5;/h4,8H2,1-3H3,(H,9,11);1H. The number of nitrogens with zero attached hydrogens (tertiary/aromatic N) is 2. The van der Waals surface area contributed by atoms with Gasteiger partial charge in [-0.3, -0.25) is 5.43 Å². The summed E-state index contributed by atoms with van der Waals surface area (Å²) in [4.78, 5) is 0. The molecule has 0 bridgehead atoms. The largest absolute Gasteiger partial charge is 0.321 e. The van der Waals surface area contributed by atoms with E-state index in [1.807, 2.05) is 0 Å². The van der Waals surface area contributed by atoms with Gasteiger partial charge in [0.1, 0.15) is 0 Å². The maximum Gasteiger partial charge on any atom is 0.200 e. The van der Waals surface area contributed by atoms with Crippen LogP contribution in [0, 0.1) is 5.41 Å². The molecule has 0 amide bonds. The normalized spacial score (nSPS) is 20.2. The van der Waals surface area contributed by atoms with E-state index in [1.165, 1.54) is 0 Å². The minimum Gasteiger partial charge on any atom is -0.321 e. The van der Waals surface area contributed by atoms with Crippen LogP contribution in [0.4, 0.5) is 0 Å². The van der Waals surface area contributed by atoms with E-state index in [-0.39, 0.29) is 17.8 Å². The van der Waals surface area contributed by atoms with Crippen LogP contribution in [0.3, 0.4) is 0 Å². The number of hydrogen-bond donors (Lipinski definition) is 2. The van der Waals surface area contributed by atoms with Crippen molar-refractivity contribution in [2.75, 3.05) is 5.75 Å². The van der Waals surface area contributed by atoms with Gasteiger partial charge in [0.15, 0.2) is 0 Å². The molecule has 0 aromatic rings. The van der Waals surface area contributed by atoms with Crippen molar-refractivity contribution >= 4 is 35.0 Å². The van der Waals surface area contributed by atoms with Crippen LogP contribution in [0.1, 0.15) is 20.8 Å². The molecule has 1 rings (SSSR count). The number of amidine groups is 1. The van der Waals surface area contributed by atoms with E-state index >= 15 is 0 Å². The van der Waals surface area contributed by atoms with Crippen molar-refractivity contribution in [3.05, 3.63) is 0 Å². The van der Waals surface area contributed by atoms with Gasteiger partial charge in [0.2, 0.25) is 5.17 Å². The topological polar surface area (TPSA) is 62.8 Å². The lowest BCUT2D eigenvalue weighted by Crippen LogP contribution is -2.33. The zero-order valence-electron chi connectivity index (χ0n) is 8.00. The zero-order valence-corrected chi connectivity index (χ0v) is 9.63. The highest BCUT2D eigenvalue weighted by Crippen LogP contribution is 2.21. The second-order valence-corrected chi connectivity index (χ2v) is 4.61. The average molecular weight is 223 g/mol. The van der Waals surface area contributed by atoms with Gasteiger partial charge in [-0.1, -0.05) is 32.5 Å². The van der Waals surface area contributed by atoms with Crippen molar-refractivity contribution < 1.29 is 0 Å². The first kappa shape index (κ1) is 12.6. The van der Waals surface area contributed by atoms with Crippen molar-refractivity contribution in [1.82, 2.24) is 5.43 Å². The fourth-order valence-corrected chi connectivity index (χ4v) is 1.72. The zero-order chi connectivity index (χ0) is 9.19. The molecule has 4 nitrogen and oxygen atoms in total. The molecule has 0 aromatic heterocycles. The number of nitrogens with one attached hydrogen (secondary N) is 1. The van der Waals surface area contributed by atoms with Crippen molar-refractivity contribution in [3.8, 4) is 0 Å². The molecular formula is C7H15ClN4S. The van der Waals surface area contributed by atoms with E-state index in [1.54, 1.807) is 11.8 Å². The van der Waals surface area contributed by atoms with Crippen molar-refractivity contribution in [2.24, 2.45) is 21.5 Å². The van der Waals surface area contributed by atoms with Crippen LogP contribution < -0.4 is 11.3 Å². The van der Waals surface area contributed by atoms with Crippen LogP contribution in [0.15, 0.2) is 10.2 Å². The number of rotatable bonds is 0. The smallest absolute Gasteiger partial charge is 0.200 e. The third-order valence-corrected chi connectivity index (χ3v) is 2.50. The molecule has 1 aliphatic rings. The summed E-state index contributed by atoms with van der Waals surface area (Å²) in [7, 11) is 0. The van der Waals surface area contributed by atoms with Crippen LogP contribution in [-0.2, 0) is 0 Å². The molecule has 1 heterocycles. The Hall–Kier alpha value is -0.420. The molecule has 0 atom stereocenters. The predicted molar refractivity (Wildman–Crippen MR) is 61.4 cm³/mol. The Morgan fingerprint density at radius 1 is 1.54 bits per heavy atom. The first-order chi connectivity index (χ1) is 5.54. The number of hydrazone groups is 2. The molecule has 0 spiro atoms. The second kappa shape index (κ2) is 4.72. The Morgan fingerprint density at radius 2 is 2.15 bits per heavy atom. The van der Waals surface area contributed by atoms with E-state index in [0.29, 0.717) is 5.17 Å². The molecule has 0 radical (unpaired) electrons. The average Bonchev–Trinajstić information content (AvgIpc) is 2.03. The lowest BCUT2D eigenvalue weighted by atomic mass is 9.91. The van der Waals surface area contributed by atoms with Crippen LogP contribution in [0.2, 0.25) is 0 Å². The lowest BCUT2D eigenvalue weighted by Gasteiger charge is -2.24. The summed E-state index contributed by atoms with van der Waals surface area (Å²) in [6.45, 7) is 6.41. The molecular weight excluding hydrogens is 208 g/mol. The molecule has 0 saturated carbocycles. The molecule has 0 aliphatic carbocycles. The van der Waals surface area contributed by atoms with Gasteiger partial charge < -0.3 is 5.84 Å². The quantitative estimate of drug-likeness (QED) is 0.481. The molecule has 3 N–H and O–H groups in total. The minimum atomic E-state index is 0. The summed E-state index contributed by atoms with van der Waals surface area (Å²) in [5, 5.41) is 8.40. The van der Waals surface area contributed by atoms with Crippen molar-refractivity contribution in [2.45, 2.75) is 20.8 Å². The maximum atomic E-state index is 5.09. The van der Waals surface area contributed by atoms with Gasteiger partial charge in [-0.25, -0.2) is 0 Å². The van der Waals surface area contributed by atoms with E-state index in [4.69, 9.17) is 5.84 Å². The molecule has 76 valence electrons. The summed E-state index contributed by atoms with van der Waals surface area (Å²) >= 11 is 1.58. The monoisotopic (exact) mass is 222 g/mol. The van der Waals surface area contributed by atoms with Gasteiger partial charge in [-0.2, -0.15) is 10.2 Å². The highest BCUT2D eigenvalue weighted by Gasteiger charge is 2.22. The summed E-state index contributed by atoms with van der Waals surface area (Å²) < 4.78 is 0. The van der Waals surface area contributed by atoms with E-state index in [2.05, 4.69) is 36.4 Å². The molecule has 0 saturated heterocycles. The second-order valence-electron chi connectivity index (χ2n) is 3.64. The van der Waals surface area contributed by atoms with Crippen LogP contribution in [0.5, 0.6) is 0 Å². The minimum absolute atomic E-state index is 0. The molecule has 0 unspecified atom stereocenters. The number of thioether (sulfide) groups is 1. The van der Waals surface area contributed by atoms with Crippen LogP contribution in [-0.4, -0.2) is 16.6 Å². The number of hydrogen-bond acceptors (Lipinski definition) is 4. The Morgan fingerprint density at radius 3 is 2.46 bits per heavy atom. The van der Waals surface area contributed by atoms with Gasteiger partial charge in [-0.15, -0.1) is 12.4 Å². The maximum absolute atomic E-state index is 5.09. The fraction of sp³-hybridized carbons (Fsp3) is 0.714. The molecule has 6 heteroatoms. The summed E-state index contributed by atoms with van der Waals surface area (Å²) in [6, 6.07) is 0. The molecule has 0 fully saturated rings. The Labute approximate surface area is 88.8 Å². The molecule has 13 heavy (non-hydrogen) atoms. The van der Waals surface area contributed by atoms with Crippen LogP contribution in [0.25, 0.3) is 0 Å². The number of halogens is 1. The number of nitrogens with two attached hydrogens (primary N) is 1. The summed E-state index contributed by atoms with van der Waals surface area (Å²) in [5.41, 5.74) is 4.07. The predicted octanol–water partition coefficient (Wildman–Crippen LogP) is 1.38. The lowest BCUT2D eigenvalue weighted by molar-refractivity contribution is 0.583. The van der Waals surface area contributed by atoms with E-state index in [9.17, 15) is 0 Å². The highest BCUT2D eigenvalue weighted by molar-refractivity contribution is 8.14. The first-order valence-corrected chi connectivity index (χ1v) is 4.76. The third-order valence-electron chi connectivity index (χ3n) is 1.62. The van der Waals surface area contributed by atoms with E-state index in [0.717, 1.165) is 11.5 Å². The highest BCUT2D eigenvalue weighted by atomic mass is 35.5. The van der Waals surface area contributed by atoms with Gasteiger partial charge in [0.25, 0.3) is 0 Å². The van der Waals surface area contributed by atoms with Crippen LogP contribution >= 0.6 is 24.2 Å². The summed E-state index contributed by atoms with van der Waals surface area (Å²) in [5.74, 6) is 5.96. The van der Waals surface area contributed by atoms with E-state index < -0.39 is 0 Å². The van der Waals surface area contributed by atoms with Crippen molar-refractivity contribution in [1.29, 1.82) is 0 Å². The van der Waals surface area contributed by atoms with Gasteiger partial charge in [0.05, 0.1) is 5.71 Å².